The lowest BCUT2D eigenvalue weighted by molar-refractivity contribution is 0.0280. The maximum atomic E-state index is 6.29. The molecule has 2 N–H and O–H groups in total. The highest BCUT2D eigenvalue weighted by Crippen LogP contribution is 2.31. The minimum atomic E-state index is 0.155. The van der Waals surface area contributed by atoms with Gasteiger partial charge < -0.3 is 10.5 Å². The summed E-state index contributed by atoms with van der Waals surface area (Å²) in [6.07, 6.45) is 2.45. The summed E-state index contributed by atoms with van der Waals surface area (Å²) < 4.78 is 5.40. The van der Waals surface area contributed by atoms with Crippen molar-refractivity contribution in [2.24, 2.45) is 5.73 Å². The first-order valence-corrected chi connectivity index (χ1v) is 7.33. The number of hydrogen-bond donors (Lipinski definition) is 1. The van der Waals surface area contributed by atoms with E-state index in [0.29, 0.717) is 22.7 Å². The molecule has 1 saturated heterocycles. The Morgan fingerprint density at radius 3 is 2.58 bits per heavy atom. The van der Waals surface area contributed by atoms with E-state index in [4.69, 9.17) is 33.7 Å². The van der Waals surface area contributed by atoms with Gasteiger partial charge in [0.15, 0.2) is 0 Å². The smallest absolute Gasteiger partial charge is 0.0595 e. The molecule has 0 bridgehead atoms. The van der Waals surface area contributed by atoms with Crippen LogP contribution in [0.1, 0.15) is 24.4 Å². The van der Waals surface area contributed by atoms with Gasteiger partial charge in [0.2, 0.25) is 0 Å². The average molecular weight is 303 g/mol. The van der Waals surface area contributed by atoms with E-state index in [0.717, 1.165) is 31.5 Å². The number of nitrogens with two attached hydrogens (primary N) is 1. The second-order valence-corrected chi connectivity index (χ2v) is 5.73. The lowest BCUT2D eigenvalue weighted by atomic mass is 10.0. The van der Waals surface area contributed by atoms with E-state index < -0.39 is 0 Å². The molecule has 1 aliphatic heterocycles. The number of nitrogens with zero attached hydrogens (tertiary/aromatic N) is 1. The monoisotopic (exact) mass is 302 g/mol. The van der Waals surface area contributed by atoms with Crippen molar-refractivity contribution in [3.8, 4) is 0 Å². The fourth-order valence-electron chi connectivity index (χ4n) is 2.67. The van der Waals surface area contributed by atoms with Crippen molar-refractivity contribution >= 4 is 23.2 Å². The van der Waals surface area contributed by atoms with Gasteiger partial charge >= 0.3 is 0 Å². The maximum Gasteiger partial charge on any atom is 0.0595 e. The molecule has 1 aromatic carbocycles. The highest BCUT2D eigenvalue weighted by atomic mass is 35.5. The van der Waals surface area contributed by atoms with Crippen LogP contribution in [-0.4, -0.2) is 37.7 Å². The number of likely N-dealkylation sites (tertiary alicyclic amines) is 1. The molecule has 1 aromatic rings. The summed E-state index contributed by atoms with van der Waals surface area (Å²) in [6.45, 7) is 2.53. The Labute approximate surface area is 124 Å². The third kappa shape index (κ3) is 3.61. The van der Waals surface area contributed by atoms with Crippen LogP contribution in [0.3, 0.4) is 0 Å². The summed E-state index contributed by atoms with van der Waals surface area (Å²) in [5.41, 5.74) is 7.00. The Morgan fingerprint density at radius 2 is 2.05 bits per heavy atom. The van der Waals surface area contributed by atoms with E-state index in [-0.39, 0.29) is 6.04 Å². The Hall–Kier alpha value is -0.320. The summed E-state index contributed by atoms with van der Waals surface area (Å²) in [5.74, 6) is 0. The fraction of sp³-hybridized carbons (Fsp3) is 0.571. The van der Waals surface area contributed by atoms with Gasteiger partial charge in [-0.15, -0.1) is 0 Å². The molecule has 0 amide bonds. The van der Waals surface area contributed by atoms with Crippen molar-refractivity contribution in [3.05, 3.63) is 33.8 Å². The number of methoxy groups -OCH3 is 1. The molecular formula is C14H20Cl2N2O. The molecule has 0 aromatic heterocycles. The van der Waals surface area contributed by atoms with E-state index >= 15 is 0 Å². The zero-order valence-corrected chi connectivity index (χ0v) is 12.6. The number of ether oxygens (including phenoxy) is 1. The predicted molar refractivity (Wildman–Crippen MR) is 79.9 cm³/mol. The Balaban J connectivity index is 2.12. The van der Waals surface area contributed by atoms with E-state index in [2.05, 4.69) is 4.90 Å². The predicted octanol–water partition coefficient (Wildman–Crippen LogP) is 3.10. The molecule has 106 valence electrons. The average Bonchev–Trinajstić information content (AvgIpc) is 2.42. The Bertz CT molecular complexity index is 420. The highest BCUT2D eigenvalue weighted by molar-refractivity contribution is 6.35. The molecule has 1 unspecified atom stereocenters. The van der Waals surface area contributed by atoms with Crippen LogP contribution in [0.15, 0.2) is 18.2 Å². The van der Waals surface area contributed by atoms with E-state index in [1.165, 1.54) is 0 Å². The lowest BCUT2D eigenvalue weighted by Crippen LogP contribution is -2.41. The summed E-state index contributed by atoms with van der Waals surface area (Å²) in [7, 11) is 1.77. The van der Waals surface area contributed by atoms with Gasteiger partial charge in [0.05, 0.1) is 6.10 Å². The van der Waals surface area contributed by atoms with Crippen LogP contribution in [0.4, 0.5) is 0 Å². The number of piperidine rings is 1. The molecular weight excluding hydrogens is 283 g/mol. The van der Waals surface area contributed by atoms with Crippen molar-refractivity contribution in [3.63, 3.8) is 0 Å². The van der Waals surface area contributed by atoms with Crippen LogP contribution < -0.4 is 5.73 Å². The highest BCUT2D eigenvalue weighted by Gasteiger charge is 2.26. The molecule has 0 saturated carbocycles. The largest absolute Gasteiger partial charge is 0.381 e. The van der Waals surface area contributed by atoms with Crippen LogP contribution in [0, 0.1) is 0 Å². The van der Waals surface area contributed by atoms with Gasteiger partial charge in [-0.1, -0.05) is 29.3 Å². The van der Waals surface area contributed by atoms with Gasteiger partial charge in [-0.05, 0) is 30.5 Å². The molecule has 0 spiro atoms. The first-order valence-electron chi connectivity index (χ1n) is 6.57. The van der Waals surface area contributed by atoms with Crippen LogP contribution in [0.2, 0.25) is 10.0 Å². The molecule has 5 heteroatoms. The number of benzene rings is 1. The summed E-state index contributed by atoms with van der Waals surface area (Å²) in [5, 5.41) is 1.35. The van der Waals surface area contributed by atoms with Crippen LogP contribution in [-0.2, 0) is 4.74 Å². The molecule has 1 fully saturated rings. The fourth-order valence-corrected chi connectivity index (χ4v) is 3.20. The number of rotatable bonds is 4. The normalized spacial score (nSPS) is 19.6. The van der Waals surface area contributed by atoms with Gasteiger partial charge in [-0.25, -0.2) is 0 Å². The zero-order valence-electron chi connectivity index (χ0n) is 11.1. The van der Waals surface area contributed by atoms with Gasteiger partial charge in [-0.3, -0.25) is 4.90 Å². The number of hydrogen-bond acceptors (Lipinski definition) is 3. The zero-order chi connectivity index (χ0) is 13.8. The molecule has 1 heterocycles. The second-order valence-electron chi connectivity index (χ2n) is 4.89. The van der Waals surface area contributed by atoms with Crippen molar-refractivity contribution in [2.75, 3.05) is 26.7 Å². The van der Waals surface area contributed by atoms with Crippen LogP contribution >= 0.6 is 23.2 Å². The van der Waals surface area contributed by atoms with Crippen LogP contribution in [0.25, 0.3) is 0 Å². The third-order valence-electron chi connectivity index (χ3n) is 3.80. The van der Waals surface area contributed by atoms with Gasteiger partial charge in [0.1, 0.15) is 0 Å². The van der Waals surface area contributed by atoms with Crippen molar-refractivity contribution < 1.29 is 4.74 Å². The molecule has 3 nitrogen and oxygen atoms in total. The summed E-state index contributed by atoms with van der Waals surface area (Å²) >= 11 is 12.2. The molecule has 2 rings (SSSR count). The molecule has 1 atom stereocenters. The first kappa shape index (κ1) is 15.1. The van der Waals surface area contributed by atoms with Gasteiger partial charge in [0.25, 0.3) is 0 Å². The SMILES string of the molecule is COC1CCN(C(CN)c2ccc(Cl)cc2Cl)CC1. The first-order chi connectivity index (χ1) is 9.15. The quantitative estimate of drug-likeness (QED) is 0.929. The van der Waals surface area contributed by atoms with Crippen molar-refractivity contribution in [1.29, 1.82) is 0 Å². The van der Waals surface area contributed by atoms with Gasteiger partial charge in [0, 0.05) is 42.8 Å². The maximum absolute atomic E-state index is 6.29. The molecule has 0 radical (unpaired) electrons. The summed E-state index contributed by atoms with van der Waals surface area (Å²) in [4.78, 5) is 2.38. The Kier molecular flexibility index (Phi) is 5.48. The minimum Gasteiger partial charge on any atom is -0.381 e. The second kappa shape index (κ2) is 6.91. The van der Waals surface area contributed by atoms with Crippen LogP contribution in [0.5, 0.6) is 0 Å². The summed E-state index contributed by atoms with van der Waals surface area (Å²) in [6, 6.07) is 5.78. The molecule has 19 heavy (non-hydrogen) atoms. The van der Waals surface area contributed by atoms with E-state index in [1.54, 1.807) is 13.2 Å². The van der Waals surface area contributed by atoms with E-state index in [9.17, 15) is 0 Å². The van der Waals surface area contributed by atoms with E-state index in [1.807, 2.05) is 12.1 Å². The lowest BCUT2D eigenvalue weighted by Gasteiger charge is -2.37. The molecule has 0 aliphatic carbocycles. The van der Waals surface area contributed by atoms with Crippen molar-refractivity contribution in [1.82, 2.24) is 4.90 Å². The topological polar surface area (TPSA) is 38.5 Å². The Morgan fingerprint density at radius 1 is 1.37 bits per heavy atom. The van der Waals surface area contributed by atoms with Crippen molar-refractivity contribution in [2.45, 2.75) is 25.0 Å². The van der Waals surface area contributed by atoms with Gasteiger partial charge in [-0.2, -0.15) is 0 Å². The standard InChI is InChI=1S/C14H20Cl2N2O/c1-19-11-4-6-18(7-5-11)14(9-17)12-3-2-10(15)8-13(12)16/h2-3,8,11,14H,4-7,9,17H2,1H3. The number of halogens is 2. The third-order valence-corrected chi connectivity index (χ3v) is 4.36. The minimum absolute atomic E-state index is 0.155. The molecule has 1 aliphatic rings.